The second kappa shape index (κ2) is 25.6. The Bertz CT molecular complexity index is 2060. The number of carbonyl (C=O) groups is 4. The van der Waals surface area contributed by atoms with Gasteiger partial charge in [-0.1, -0.05) is 76.2 Å². The van der Waals surface area contributed by atoms with E-state index in [1.165, 1.54) is 62.0 Å². The predicted molar refractivity (Wildman–Crippen MR) is 262 cm³/mol. The number of piperidine rings is 2. The van der Waals surface area contributed by atoms with Gasteiger partial charge in [0, 0.05) is 37.6 Å². The van der Waals surface area contributed by atoms with E-state index in [1.54, 1.807) is 38.1 Å². The standard InChI is InChI=1S/2C27H36N2O4/c2*1-4-33-25-17-20(12-13-22(25)27(31)32)18-26(30)28-23(16-19(2)3)21-10-6-7-11-24(21)29-14-8-5-9-15-29/h2*6-7,10-13,17,19,23H,4-5,8-9,14-16,18H2,1-3H3,(H,28,30)(H,31,32)/t2*23-/m00/s1. The minimum atomic E-state index is -1.04. The molecule has 0 spiro atoms. The van der Waals surface area contributed by atoms with E-state index in [0.29, 0.717) is 36.5 Å². The van der Waals surface area contributed by atoms with Crippen molar-refractivity contribution in [1.82, 2.24) is 10.6 Å². The minimum absolute atomic E-state index is 0.0831. The first-order chi connectivity index (χ1) is 31.8. The SMILES string of the molecule is CCOc1cc(CC(=O)N[C@@H](CC(C)C)c2ccccc2N2CCCCC2)ccc1C(=O)O.CCOc1cc(CC(=O)N[C@@H](CC(C)C)c2ccccc2N2CCCCC2)ccc1C(=O)O. The van der Waals surface area contributed by atoms with Crippen molar-refractivity contribution in [3.8, 4) is 11.5 Å². The molecule has 2 saturated heterocycles. The lowest BCUT2D eigenvalue weighted by atomic mass is 9.94. The largest absolute Gasteiger partial charge is 0.493 e. The Morgan fingerprint density at radius 2 is 0.909 bits per heavy atom. The molecule has 2 atom stereocenters. The van der Waals surface area contributed by atoms with Gasteiger partial charge in [-0.2, -0.15) is 0 Å². The summed E-state index contributed by atoms with van der Waals surface area (Å²) in [5.41, 5.74) is 6.43. The van der Waals surface area contributed by atoms with E-state index in [-0.39, 0.29) is 47.9 Å². The number of nitrogens with one attached hydrogen (secondary N) is 2. The molecule has 2 aliphatic rings. The van der Waals surface area contributed by atoms with E-state index >= 15 is 0 Å². The topological polar surface area (TPSA) is 158 Å². The summed E-state index contributed by atoms with van der Waals surface area (Å²) in [5.74, 6) is -0.817. The number of carbonyl (C=O) groups excluding carboxylic acids is 2. The highest BCUT2D eigenvalue weighted by atomic mass is 16.5. The van der Waals surface area contributed by atoms with Gasteiger partial charge in [0.1, 0.15) is 22.6 Å². The third kappa shape index (κ3) is 15.0. The molecule has 12 heteroatoms. The van der Waals surface area contributed by atoms with Crippen molar-refractivity contribution in [2.45, 2.75) is 118 Å². The summed E-state index contributed by atoms with van der Waals surface area (Å²) in [6.07, 6.45) is 9.37. The first kappa shape index (κ1) is 51.0. The molecule has 0 aromatic heterocycles. The van der Waals surface area contributed by atoms with Crippen LogP contribution in [0.1, 0.15) is 148 Å². The quantitative estimate of drug-likeness (QED) is 0.0673. The molecule has 4 aromatic carbocycles. The molecular formula is C54H72N4O8. The molecule has 0 aliphatic carbocycles. The van der Waals surface area contributed by atoms with Gasteiger partial charge in [-0.15, -0.1) is 0 Å². The Morgan fingerprint density at radius 1 is 0.545 bits per heavy atom. The maximum atomic E-state index is 13.1. The molecule has 4 aromatic rings. The van der Waals surface area contributed by atoms with Crippen LogP contribution in [-0.4, -0.2) is 73.4 Å². The first-order valence-electron chi connectivity index (χ1n) is 24.0. The lowest BCUT2D eigenvalue weighted by molar-refractivity contribution is -0.122. The van der Waals surface area contributed by atoms with Gasteiger partial charge in [-0.05, 0) is 136 Å². The zero-order valence-corrected chi connectivity index (χ0v) is 39.9. The monoisotopic (exact) mass is 905 g/mol. The van der Waals surface area contributed by atoms with E-state index < -0.39 is 11.9 Å². The minimum Gasteiger partial charge on any atom is -0.493 e. The Hall–Kier alpha value is -6.04. The number of para-hydroxylation sites is 2. The number of hydrogen-bond donors (Lipinski definition) is 4. The molecule has 2 amide bonds. The number of carboxylic acid groups (broad SMARTS) is 2. The predicted octanol–water partition coefficient (Wildman–Crippen LogP) is 10.4. The number of hydrogen-bond acceptors (Lipinski definition) is 8. The van der Waals surface area contributed by atoms with Crippen LogP contribution < -0.4 is 29.9 Å². The van der Waals surface area contributed by atoms with Crippen LogP contribution in [0.3, 0.4) is 0 Å². The Balaban J connectivity index is 0.000000247. The summed E-state index contributed by atoms with van der Waals surface area (Å²) in [6, 6.07) is 26.4. The normalized spacial score (nSPS) is 14.7. The highest BCUT2D eigenvalue weighted by Crippen LogP contribution is 2.34. The van der Waals surface area contributed by atoms with E-state index in [2.05, 4.69) is 84.5 Å². The molecule has 2 aliphatic heterocycles. The fourth-order valence-corrected chi connectivity index (χ4v) is 9.00. The van der Waals surface area contributed by atoms with Gasteiger partial charge in [0.05, 0.1) is 38.1 Å². The van der Waals surface area contributed by atoms with E-state index in [9.17, 15) is 29.4 Å². The molecule has 2 fully saturated rings. The molecule has 12 nitrogen and oxygen atoms in total. The molecule has 66 heavy (non-hydrogen) atoms. The van der Waals surface area contributed by atoms with Gasteiger partial charge < -0.3 is 40.1 Å². The van der Waals surface area contributed by atoms with Crippen LogP contribution in [0.25, 0.3) is 0 Å². The summed E-state index contributed by atoms with van der Waals surface area (Å²) >= 11 is 0. The molecule has 356 valence electrons. The molecule has 0 unspecified atom stereocenters. The van der Waals surface area contributed by atoms with Crippen LogP contribution in [-0.2, 0) is 22.4 Å². The molecular weight excluding hydrogens is 833 g/mol. The van der Waals surface area contributed by atoms with Crippen molar-refractivity contribution in [2.24, 2.45) is 11.8 Å². The van der Waals surface area contributed by atoms with Crippen molar-refractivity contribution < 1.29 is 38.9 Å². The van der Waals surface area contributed by atoms with Crippen molar-refractivity contribution in [2.75, 3.05) is 49.2 Å². The van der Waals surface area contributed by atoms with Gasteiger partial charge >= 0.3 is 11.9 Å². The van der Waals surface area contributed by atoms with Crippen molar-refractivity contribution in [1.29, 1.82) is 0 Å². The summed E-state index contributed by atoms with van der Waals surface area (Å²) < 4.78 is 11.0. The molecule has 0 radical (unpaired) electrons. The smallest absolute Gasteiger partial charge is 0.339 e. The Labute approximate surface area is 392 Å². The molecule has 4 N–H and O–H groups in total. The van der Waals surface area contributed by atoms with Crippen LogP contribution in [0, 0.1) is 11.8 Å². The van der Waals surface area contributed by atoms with Crippen molar-refractivity contribution in [3.05, 3.63) is 118 Å². The fourth-order valence-electron chi connectivity index (χ4n) is 9.00. The number of rotatable bonds is 20. The first-order valence-corrected chi connectivity index (χ1v) is 24.0. The molecule has 0 bridgehead atoms. The van der Waals surface area contributed by atoms with E-state index in [1.807, 2.05) is 12.1 Å². The fraction of sp³-hybridized carbons (Fsp3) is 0.481. The molecule has 0 saturated carbocycles. The second-order valence-corrected chi connectivity index (χ2v) is 18.2. The van der Waals surface area contributed by atoms with Gasteiger partial charge in [0.15, 0.2) is 0 Å². The third-order valence-electron chi connectivity index (χ3n) is 12.0. The van der Waals surface area contributed by atoms with Gasteiger partial charge in [0.25, 0.3) is 0 Å². The summed E-state index contributed by atoms with van der Waals surface area (Å²) in [4.78, 5) is 53.9. The average Bonchev–Trinajstić information content (AvgIpc) is 3.29. The number of amides is 2. The van der Waals surface area contributed by atoms with Gasteiger partial charge in [-0.3, -0.25) is 9.59 Å². The maximum absolute atomic E-state index is 13.1. The van der Waals surface area contributed by atoms with Gasteiger partial charge in [0.2, 0.25) is 11.8 Å². The van der Waals surface area contributed by atoms with Crippen LogP contribution in [0.4, 0.5) is 11.4 Å². The van der Waals surface area contributed by atoms with Gasteiger partial charge in [-0.25, -0.2) is 9.59 Å². The average molecular weight is 905 g/mol. The summed E-state index contributed by atoms with van der Waals surface area (Å²) in [7, 11) is 0. The lowest BCUT2D eigenvalue weighted by Crippen LogP contribution is -2.34. The lowest BCUT2D eigenvalue weighted by Gasteiger charge is -2.33. The number of anilines is 2. The van der Waals surface area contributed by atoms with E-state index in [0.717, 1.165) is 61.3 Å². The number of benzene rings is 4. The number of ether oxygens (including phenoxy) is 2. The van der Waals surface area contributed by atoms with Crippen LogP contribution >= 0.6 is 0 Å². The van der Waals surface area contributed by atoms with Crippen LogP contribution in [0.5, 0.6) is 11.5 Å². The zero-order valence-electron chi connectivity index (χ0n) is 39.9. The third-order valence-corrected chi connectivity index (χ3v) is 12.0. The second-order valence-electron chi connectivity index (χ2n) is 18.2. The Kier molecular flexibility index (Phi) is 19.8. The van der Waals surface area contributed by atoms with Crippen LogP contribution in [0.15, 0.2) is 84.9 Å². The number of aromatic carboxylic acids is 2. The Morgan fingerprint density at radius 3 is 1.24 bits per heavy atom. The highest BCUT2D eigenvalue weighted by molar-refractivity contribution is 5.92. The number of nitrogens with zero attached hydrogens (tertiary/aromatic N) is 2. The van der Waals surface area contributed by atoms with Crippen molar-refractivity contribution in [3.63, 3.8) is 0 Å². The molecule has 2 heterocycles. The van der Waals surface area contributed by atoms with E-state index in [4.69, 9.17) is 9.47 Å². The summed E-state index contributed by atoms with van der Waals surface area (Å²) in [5, 5.41) is 25.2. The highest BCUT2D eigenvalue weighted by Gasteiger charge is 2.25. The summed E-state index contributed by atoms with van der Waals surface area (Å²) in [6.45, 7) is 17.2. The maximum Gasteiger partial charge on any atom is 0.339 e. The van der Waals surface area contributed by atoms with Crippen LogP contribution in [0.2, 0.25) is 0 Å². The zero-order chi connectivity index (χ0) is 47.6. The van der Waals surface area contributed by atoms with Crippen molar-refractivity contribution >= 4 is 35.1 Å². The molecule has 6 rings (SSSR count). The number of carboxylic acids is 2.